The van der Waals surface area contributed by atoms with E-state index in [2.05, 4.69) is 15.3 Å². The average molecular weight is 222 g/mol. The fourth-order valence-electron chi connectivity index (χ4n) is 1.13. The molecule has 0 aliphatic heterocycles. The molecule has 1 aromatic carbocycles. The van der Waals surface area contributed by atoms with Gasteiger partial charge in [0.2, 0.25) is 0 Å². The van der Waals surface area contributed by atoms with Gasteiger partial charge in [0.1, 0.15) is 10.9 Å². The highest BCUT2D eigenvalue weighted by Crippen LogP contribution is 2.19. The van der Waals surface area contributed by atoms with E-state index in [1.165, 1.54) is 6.20 Å². The molecule has 15 heavy (non-hydrogen) atoms. The number of anilines is 2. The lowest BCUT2D eigenvalue weighted by molar-refractivity contribution is 0.475. The van der Waals surface area contributed by atoms with Crippen LogP contribution in [-0.2, 0) is 0 Å². The standard InChI is InChI=1S/C10H8ClN3O/c11-9-5-12-6-10(14-9)13-7-2-1-3-8(15)4-7/h1-6,15H,(H,13,14). The third kappa shape index (κ3) is 2.57. The predicted octanol–water partition coefficient (Wildman–Crippen LogP) is 2.58. The van der Waals surface area contributed by atoms with E-state index >= 15 is 0 Å². The van der Waals surface area contributed by atoms with E-state index < -0.39 is 0 Å². The summed E-state index contributed by atoms with van der Waals surface area (Å²) < 4.78 is 0. The highest BCUT2D eigenvalue weighted by molar-refractivity contribution is 6.29. The highest BCUT2D eigenvalue weighted by atomic mass is 35.5. The van der Waals surface area contributed by atoms with E-state index in [0.29, 0.717) is 11.0 Å². The zero-order chi connectivity index (χ0) is 10.7. The van der Waals surface area contributed by atoms with Crippen LogP contribution in [0.1, 0.15) is 0 Å². The summed E-state index contributed by atoms with van der Waals surface area (Å²) in [6, 6.07) is 6.72. The molecule has 1 aromatic heterocycles. The summed E-state index contributed by atoms with van der Waals surface area (Å²) in [5.41, 5.74) is 0.728. The van der Waals surface area contributed by atoms with Gasteiger partial charge in [0.05, 0.1) is 12.4 Å². The number of benzene rings is 1. The van der Waals surface area contributed by atoms with Crippen molar-refractivity contribution in [3.63, 3.8) is 0 Å². The molecule has 0 bridgehead atoms. The van der Waals surface area contributed by atoms with Crippen LogP contribution in [0.5, 0.6) is 5.75 Å². The van der Waals surface area contributed by atoms with Gasteiger partial charge < -0.3 is 10.4 Å². The van der Waals surface area contributed by atoms with Crippen LogP contribution in [0.15, 0.2) is 36.7 Å². The molecule has 2 N–H and O–H groups in total. The molecule has 0 saturated carbocycles. The normalized spacial score (nSPS) is 9.93. The van der Waals surface area contributed by atoms with Crippen molar-refractivity contribution in [2.24, 2.45) is 0 Å². The zero-order valence-electron chi connectivity index (χ0n) is 7.68. The fourth-order valence-corrected chi connectivity index (χ4v) is 1.28. The van der Waals surface area contributed by atoms with Crippen LogP contribution in [0.3, 0.4) is 0 Å². The van der Waals surface area contributed by atoms with E-state index in [-0.39, 0.29) is 5.75 Å². The van der Waals surface area contributed by atoms with Crippen LogP contribution in [0.25, 0.3) is 0 Å². The average Bonchev–Trinajstić information content (AvgIpc) is 2.17. The molecule has 0 aliphatic rings. The maximum Gasteiger partial charge on any atom is 0.150 e. The summed E-state index contributed by atoms with van der Waals surface area (Å²) in [7, 11) is 0. The lowest BCUT2D eigenvalue weighted by Crippen LogP contribution is -1.94. The lowest BCUT2D eigenvalue weighted by atomic mass is 10.3. The van der Waals surface area contributed by atoms with Gasteiger partial charge in [-0.05, 0) is 12.1 Å². The van der Waals surface area contributed by atoms with E-state index in [4.69, 9.17) is 11.6 Å². The van der Waals surface area contributed by atoms with Crippen molar-refractivity contribution >= 4 is 23.1 Å². The monoisotopic (exact) mass is 221 g/mol. The minimum absolute atomic E-state index is 0.190. The second-order valence-electron chi connectivity index (χ2n) is 2.90. The molecule has 0 fully saturated rings. The maximum atomic E-state index is 9.24. The van der Waals surface area contributed by atoms with E-state index in [0.717, 1.165) is 5.69 Å². The number of rotatable bonds is 2. The summed E-state index contributed by atoms with van der Waals surface area (Å²) in [6.07, 6.45) is 3.01. The molecule has 2 aromatic rings. The molecule has 0 atom stereocenters. The van der Waals surface area contributed by atoms with Gasteiger partial charge in [-0.1, -0.05) is 17.7 Å². The number of nitrogens with one attached hydrogen (secondary N) is 1. The van der Waals surface area contributed by atoms with Gasteiger partial charge in [-0.15, -0.1) is 0 Å². The van der Waals surface area contributed by atoms with Gasteiger partial charge in [0, 0.05) is 11.8 Å². The first-order valence-electron chi connectivity index (χ1n) is 4.27. The second kappa shape index (κ2) is 4.14. The number of hydrogen-bond donors (Lipinski definition) is 2. The van der Waals surface area contributed by atoms with E-state index in [1.54, 1.807) is 24.4 Å². The van der Waals surface area contributed by atoms with Gasteiger partial charge in [-0.3, -0.25) is 4.98 Å². The van der Waals surface area contributed by atoms with Gasteiger partial charge in [-0.2, -0.15) is 0 Å². The molecule has 1 heterocycles. The van der Waals surface area contributed by atoms with Crippen LogP contribution in [0.2, 0.25) is 5.15 Å². The van der Waals surface area contributed by atoms with Gasteiger partial charge in [-0.25, -0.2) is 4.98 Å². The number of halogens is 1. The van der Waals surface area contributed by atoms with Crippen LogP contribution >= 0.6 is 11.6 Å². The third-order valence-corrected chi connectivity index (χ3v) is 1.91. The summed E-state index contributed by atoms with van der Waals surface area (Å²) in [5, 5.41) is 12.5. The molecule has 76 valence electrons. The smallest absolute Gasteiger partial charge is 0.150 e. The molecular weight excluding hydrogens is 214 g/mol. The Morgan fingerprint density at radius 3 is 2.87 bits per heavy atom. The zero-order valence-corrected chi connectivity index (χ0v) is 8.44. The van der Waals surface area contributed by atoms with Crippen LogP contribution < -0.4 is 5.32 Å². The summed E-state index contributed by atoms with van der Waals surface area (Å²) >= 11 is 5.68. The molecule has 4 nitrogen and oxygen atoms in total. The number of phenols is 1. The molecule has 0 spiro atoms. The van der Waals surface area contributed by atoms with Crippen LogP contribution in [0, 0.1) is 0 Å². The molecular formula is C10H8ClN3O. The van der Waals surface area contributed by atoms with Crippen molar-refractivity contribution in [3.05, 3.63) is 41.8 Å². The van der Waals surface area contributed by atoms with Crippen LogP contribution in [-0.4, -0.2) is 15.1 Å². The Kier molecular flexibility index (Phi) is 2.69. The number of aromatic nitrogens is 2. The molecule has 0 aliphatic carbocycles. The topological polar surface area (TPSA) is 58.0 Å². The minimum Gasteiger partial charge on any atom is -0.508 e. The number of hydrogen-bond acceptors (Lipinski definition) is 4. The first kappa shape index (κ1) is 9.73. The second-order valence-corrected chi connectivity index (χ2v) is 3.29. The third-order valence-electron chi connectivity index (χ3n) is 1.72. The highest BCUT2D eigenvalue weighted by Gasteiger charge is 1.98. The first-order chi connectivity index (χ1) is 7.24. The molecule has 0 radical (unpaired) electrons. The Hall–Kier alpha value is -1.81. The number of nitrogens with zero attached hydrogens (tertiary/aromatic N) is 2. The minimum atomic E-state index is 0.190. The van der Waals surface area contributed by atoms with Crippen molar-refractivity contribution in [1.29, 1.82) is 0 Å². The Bertz CT molecular complexity index is 432. The van der Waals surface area contributed by atoms with Crippen molar-refractivity contribution < 1.29 is 5.11 Å². The number of aromatic hydroxyl groups is 1. The summed E-state index contributed by atoms with van der Waals surface area (Å²) in [6.45, 7) is 0. The molecule has 0 saturated heterocycles. The Morgan fingerprint density at radius 1 is 1.27 bits per heavy atom. The SMILES string of the molecule is Oc1cccc(Nc2cncc(Cl)n2)c1. The first-order valence-corrected chi connectivity index (χ1v) is 4.65. The maximum absolute atomic E-state index is 9.24. The van der Waals surface area contributed by atoms with Crippen molar-refractivity contribution in [3.8, 4) is 5.75 Å². The Labute approximate surface area is 91.6 Å². The Morgan fingerprint density at radius 2 is 2.13 bits per heavy atom. The van der Waals surface area contributed by atoms with Gasteiger partial charge >= 0.3 is 0 Å². The summed E-state index contributed by atoms with van der Waals surface area (Å²) in [5.74, 6) is 0.725. The molecule has 5 heteroatoms. The Balaban J connectivity index is 2.22. The predicted molar refractivity (Wildman–Crippen MR) is 58.4 cm³/mol. The van der Waals surface area contributed by atoms with Crippen LogP contribution in [0.4, 0.5) is 11.5 Å². The quantitative estimate of drug-likeness (QED) is 0.819. The van der Waals surface area contributed by atoms with Gasteiger partial charge in [0.15, 0.2) is 5.82 Å². The summed E-state index contributed by atoms with van der Waals surface area (Å²) in [4.78, 5) is 7.89. The van der Waals surface area contributed by atoms with E-state index in [9.17, 15) is 5.11 Å². The fraction of sp³-hybridized carbons (Fsp3) is 0. The van der Waals surface area contributed by atoms with Crippen molar-refractivity contribution in [1.82, 2.24) is 9.97 Å². The lowest BCUT2D eigenvalue weighted by Gasteiger charge is -2.04. The molecule has 0 amide bonds. The molecule has 0 unspecified atom stereocenters. The van der Waals surface area contributed by atoms with Crippen molar-refractivity contribution in [2.75, 3.05) is 5.32 Å². The molecule has 2 rings (SSSR count). The van der Waals surface area contributed by atoms with Gasteiger partial charge in [0.25, 0.3) is 0 Å². The van der Waals surface area contributed by atoms with E-state index in [1.807, 2.05) is 6.07 Å². The van der Waals surface area contributed by atoms with Crippen molar-refractivity contribution in [2.45, 2.75) is 0 Å². The number of phenolic OH excluding ortho intramolecular Hbond substituents is 1. The largest absolute Gasteiger partial charge is 0.508 e.